The lowest BCUT2D eigenvalue weighted by atomic mass is 9.87. The number of rotatable bonds is 4. The van der Waals surface area contributed by atoms with Gasteiger partial charge in [0.15, 0.2) is 0 Å². The lowest BCUT2D eigenvalue weighted by molar-refractivity contribution is -0.133. The van der Waals surface area contributed by atoms with E-state index in [2.05, 4.69) is 26.7 Å². The van der Waals surface area contributed by atoms with Crippen LogP contribution in [0.15, 0.2) is 59.1 Å². The van der Waals surface area contributed by atoms with Crippen LogP contribution in [-0.4, -0.2) is 22.9 Å². The smallest absolute Gasteiger partial charge is 0.318 e. The average molecular weight is 402 g/mol. The minimum Gasteiger partial charge on any atom is -0.318 e. The Morgan fingerprint density at radius 1 is 1.12 bits per heavy atom. The summed E-state index contributed by atoms with van der Waals surface area (Å²) in [5.41, 5.74) is 2.24. The third-order valence-corrected chi connectivity index (χ3v) is 4.74. The summed E-state index contributed by atoms with van der Waals surface area (Å²) in [5, 5.41) is 3.47. The Balaban J connectivity index is 1.86. The van der Waals surface area contributed by atoms with Crippen molar-refractivity contribution in [3.8, 4) is 0 Å². The number of hydrogen-bond donors (Lipinski definition) is 2. The fourth-order valence-corrected chi connectivity index (χ4v) is 3.07. The monoisotopic (exact) mass is 401 g/mol. The number of hydrogen-bond acceptors (Lipinski definition) is 3. The van der Waals surface area contributed by atoms with Crippen LogP contribution in [0.3, 0.4) is 0 Å². The summed E-state index contributed by atoms with van der Waals surface area (Å²) in [6.45, 7) is 1.81. The van der Waals surface area contributed by atoms with Gasteiger partial charge in [-0.15, -0.1) is 0 Å². The molecule has 25 heavy (non-hydrogen) atoms. The molecule has 2 aromatic rings. The number of benzene rings is 2. The van der Waals surface area contributed by atoms with E-state index in [4.69, 9.17) is 0 Å². The highest BCUT2D eigenvalue weighted by molar-refractivity contribution is 9.10. The van der Waals surface area contributed by atoms with Gasteiger partial charge in [0.05, 0.1) is 0 Å². The molecule has 128 valence electrons. The van der Waals surface area contributed by atoms with Gasteiger partial charge in [-0.3, -0.25) is 15.0 Å². The molecule has 3 rings (SSSR count). The van der Waals surface area contributed by atoms with Crippen LogP contribution in [0.4, 0.5) is 4.79 Å². The van der Waals surface area contributed by atoms with Crippen LogP contribution < -0.4 is 10.7 Å². The SMILES string of the molecule is CC[C@]1(c2ccccc2)NC(=O)N(NC(=O)c2ccc(Br)cc2)C1=O. The zero-order valence-electron chi connectivity index (χ0n) is 13.5. The van der Waals surface area contributed by atoms with Gasteiger partial charge in [-0.25, -0.2) is 4.79 Å². The zero-order chi connectivity index (χ0) is 18.0. The quantitative estimate of drug-likeness (QED) is 0.772. The molecule has 1 aliphatic heterocycles. The molecule has 1 saturated heterocycles. The Labute approximate surface area is 153 Å². The second-order valence-electron chi connectivity index (χ2n) is 5.64. The van der Waals surface area contributed by atoms with E-state index >= 15 is 0 Å². The predicted molar refractivity (Wildman–Crippen MR) is 95.4 cm³/mol. The van der Waals surface area contributed by atoms with Crippen LogP contribution in [0.2, 0.25) is 0 Å². The molecule has 0 radical (unpaired) electrons. The van der Waals surface area contributed by atoms with E-state index in [9.17, 15) is 14.4 Å². The number of carbonyl (C=O) groups is 3. The van der Waals surface area contributed by atoms with E-state index < -0.39 is 23.4 Å². The van der Waals surface area contributed by atoms with Crippen LogP contribution in [0.25, 0.3) is 0 Å². The summed E-state index contributed by atoms with van der Waals surface area (Å²) in [4.78, 5) is 37.6. The van der Waals surface area contributed by atoms with E-state index in [0.717, 1.165) is 9.48 Å². The number of halogens is 1. The molecule has 2 N–H and O–H groups in total. The second kappa shape index (κ2) is 6.68. The largest absolute Gasteiger partial charge is 0.344 e. The third kappa shape index (κ3) is 3.02. The first-order valence-corrected chi connectivity index (χ1v) is 8.56. The molecular weight excluding hydrogens is 386 g/mol. The lowest BCUT2D eigenvalue weighted by Gasteiger charge is -2.25. The first-order chi connectivity index (χ1) is 12.0. The fourth-order valence-electron chi connectivity index (χ4n) is 2.81. The van der Waals surface area contributed by atoms with Crippen LogP contribution in [0.1, 0.15) is 29.3 Å². The van der Waals surface area contributed by atoms with E-state index in [0.29, 0.717) is 17.5 Å². The predicted octanol–water partition coefficient (Wildman–Crippen LogP) is 2.95. The van der Waals surface area contributed by atoms with E-state index in [-0.39, 0.29) is 0 Å². The first-order valence-electron chi connectivity index (χ1n) is 7.76. The zero-order valence-corrected chi connectivity index (χ0v) is 15.0. The number of urea groups is 1. The number of hydrazine groups is 1. The summed E-state index contributed by atoms with van der Waals surface area (Å²) in [6, 6.07) is 15.0. The molecule has 6 nitrogen and oxygen atoms in total. The fraction of sp³-hybridized carbons (Fsp3) is 0.167. The van der Waals surface area contributed by atoms with Crippen molar-refractivity contribution in [1.29, 1.82) is 0 Å². The molecule has 1 aliphatic rings. The normalized spacial score (nSPS) is 19.7. The molecule has 0 spiro atoms. The number of carbonyl (C=O) groups excluding carboxylic acids is 3. The molecule has 1 heterocycles. The van der Waals surface area contributed by atoms with Gasteiger partial charge in [0.1, 0.15) is 5.54 Å². The van der Waals surface area contributed by atoms with Gasteiger partial charge >= 0.3 is 6.03 Å². The van der Waals surface area contributed by atoms with Gasteiger partial charge in [0, 0.05) is 10.0 Å². The Morgan fingerprint density at radius 2 is 1.76 bits per heavy atom. The van der Waals surface area contributed by atoms with Crippen molar-refractivity contribution in [3.05, 3.63) is 70.2 Å². The highest BCUT2D eigenvalue weighted by atomic mass is 79.9. The van der Waals surface area contributed by atoms with Gasteiger partial charge in [0.2, 0.25) is 0 Å². The highest BCUT2D eigenvalue weighted by Gasteiger charge is 2.52. The van der Waals surface area contributed by atoms with E-state index in [1.165, 1.54) is 0 Å². The summed E-state index contributed by atoms with van der Waals surface area (Å²) >= 11 is 3.29. The Hall–Kier alpha value is -2.67. The standard InChI is InChI=1S/C18H16BrN3O3/c1-2-18(13-6-4-3-5-7-13)16(24)22(17(25)20-18)21-15(23)12-8-10-14(19)11-9-12/h3-11H,2H2,1H3,(H,20,25)(H,21,23)/t18-/m1/s1. The van der Waals surface area contributed by atoms with Crippen molar-refractivity contribution in [2.45, 2.75) is 18.9 Å². The number of nitrogens with one attached hydrogen (secondary N) is 2. The molecule has 0 aromatic heterocycles. The Morgan fingerprint density at radius 3 is 2.36 bits per heavy atom. The highest BCUT2D eigenvalue weighted by Crippen LogP contribution is 2.31. The van der Waals surface area contributed by atoms with E-state index in [1.807, 2.05) is 13.0 Å². The average Bonchev–Trinajstić information content (AvgIpc) is 2.88. The maximum absolute atomic E-state index is 12.9. The minimum atomic E-state index is -1.18. The minimum absolute atomic E-state index is 0.345. The topological polar surface area (TPSA) is 78.5 Å². The van der Waals surface area contributed by atoms with Crippen LogP contribution in [0, 0.1) is 0 Å². The molecular formula is C18H16BrN3O3. The third-order valence-electron chi connectivity index (χ3n) is 4.21. The Bertz CT molecular complexity index is 823. The van der Waals surface area contributed by atoms with Gasteiger partial charge in [-0.1, -0.05) is 53.2 Å². The van der Waals surface area contributed by atoms with Gasteiger partial charge in [-0.2, -0.15) is 5.01 Å². The molecule has 0 aliphatic carbocycles. The number of nitrogens with zero attached hydrogens (tertiary/aromatic N) is 1. The Kier molecular flexibility index (Phi) is 4.59. The maximum atomic E-state index is 12.9. The van der Waals surface area contributed by atoms with Gasteiger partial charge in [0.25, 0.3) is 11.8 Å². The number of amides is 4. The summed E-state index contributed by atoms with van der Waals surface area (Å²) < 4.78 is 0.827. The molecule has 4 amide bonds. The van der Waals surface area contributed by atoms with Crippen LogP contribution in [-0.2, 0) is 10.3 Å². The van der Waals surface area contributed by atoms with Crippen molar-refractivity contribution in [1.82, 2.24) is 15.8 Å². The molecule has 1 fully saturated rings. The summed E-state index contributed by atoms with van der Waals surface area (Å²) in [5.74, 6) is -1.03. The summed E-state index contributed by atoms with van der Waals surface area (Å²) in [6.07, 6.45) is 0.367. The lowest BCUT2D eigenvalue weighted by Crippen LogP contribution is -2.48. The van der Waals surface area contributed by atoms with Crippen molar-refractivity contribution in [2.75, 3.05) is 0 Å². The van der Waals surface area contributed by atoms with Crippen molar-refractivity contribution < 1.29 is 14.4 Å². The van der Waals surface area contributed by atoms with Crippen LogP contribution >= 0.6 is 15.9 Å². The molecule has 1 atom stereocenters. The molecule has 0 unspecified atom stereocenters. The van der Waals surface area contributed by atoms with Crippen LogP contribution in [0.5, 0.6) is 0 Å². The molecule has 0 bridgehead atoms. The maximum Gasteiger partial charge on any atom is 0.344 e. The van der Waals surface area contributed by atoms with E-state index in [1.54, 1.807) is 48.5 Å². The van der Waals surface area contributed by atoms with Crippen molar-refractivity contribution in [2.24, 2.45) is 0 Å². The van der Waals surface area contributed by atoms with Crippen molar-refractivity contribution in [3.63, 3.8) is 0 Å². The second-order valence-corrected chi connectivity index (χ2v) is 6.56. The molecule has 2 aromatic carbocycles. The first kappa shape index (κ1) is 17.2. The van der Waals surface area contributed by atoms with Crippen molar-refractivity contribution >= 4 is 33.8 Å². The molecule has 7 heteroatoms. The summed E-state index contributed by atoms with van der Waals surface area (Å²) in [7, 11) is 0. The molecule has 0 saturated carbocycles. The number of imide groups is 1. The van der Waals surface area contributed by atoms with Gasteiger partial charge < -0.3 is 5.32 Å². The van der Waals surface area contributed by atoms with Gasteiger partial charge in [-0.05, 0) is 36.2 Å².